The predicted molar refractivity (Wildman–Crippen MR) is 125 cm³/mol. The van der Waals surface area contributed by atoms with E-state index in [4.69, 9.17) is 32.7 Å². The Hall–Kier alpha value is -3.02. The quantitative estimate of drug-likeness (QED) is 0.331. The van der Waals surface area contributed by atoms with Crippen molar-refractivity contribution in [2.45, 2.75) is 20.5 Å². The average molecular weight is 457 g/mol. The molecule has 31 heavy (non-hydrogen) atoms. The Kier molecular flexibility index (Phi) is 7.93. The molecule has 5 nitrogen and oxygen atoms in total. The first-order valence-corrected chi connectivity index (χ1v) is 10.5. The van der Waals surface area contributed by atoms with Crippen molar-refractivity contribution in [3.05, 3.63) is 93.0 Å². The number of nitrogens with zero attached hydrogens (tertiary/aromatic N) is 1. The summed E-state index contributed by atoms with van der Waals surface area (Å²) in [5, 5.41) is 5.08. The molecule has 1 N–H and O–H groups in total. The van der Waals surface area contributed by atoms with E-state index in [1.807, 2.05) is 44.2 Å². The molecular weight excluding hydrogens is 435 g/mol. The van der Waals surface area contributed by atoms with Gasteiger partial charge >= 0.3 is 0 Å². The van der Waals surface area contributed by atoms with E-state index >= 15 is 0 Å². The van der Waals surface area contributed by atoms with Gasteiger partial charge in [-0.2, -0.15) is 5.10 Å². The highest BCUT2D eigenvalue weighted by atomic mass is 35.5. The van der Waals surface area contributed by atoms with Gasteiger partial charge in [0.2, 0.25) is 0 Å². The molecule has 0 atom stereocenters. The summed E-state index contributed by atoms with van der Waals surface area (Å²) in [7, 11) is 0. The number of benzene rings is 3. The van der Waals surface area contributed by atoms with Crippen LogP contribution in [0.25, 0.3) is 0 Å². The van der Waals surface area contributed by atoms with Crippen molar-refractivity contribution in [1.29, 1.82) is 0 Å². The van der Waals surface area contributed by atoms with Gasteiger partial charge in [0.15, 0.2) is 11.5 Å². The Morgan fingerprint density at radius 3 is 2.52 bits per heavy atom. The lowest BCUT2D eigenvalue weighted by Crippen LogP contribution is -2.18. The Labute approximate surface area is 191 Å². The Balaban J connectivity index is 1.73. The van der Waals surface area contributed by atoms with Crippen molar-refractivity contribution in [3.8, 4) is 11.5 Å². The number of ether oxygens (including phenoxy) is 2. The molecule has 0 unspecified atom stereocenters. The summed E-state index contributed by atoms with van der Waals surface area (Å²) in [5.74, 6) is 0.656. The van der Waals surface area contributed by atoms with Crippen molar-refractivity contribution in [3.63, 3.8) is 0 Å². The molecule has 3 aromatic carbocycles. The zero-order valence-electron chi connectivity index (χ0n) is 17.2. The van der Waals surface area contributed by atoms with Gasteiger partial charge in [0.25, 0.3) is 5.91 Å². The van der Waals surface area contributed by atoms with E-state index in [1.54, 1.807) is 30.3 Å². The number of hydrogen-bond donors (Lipinski definition) is 1. The molecule has 0 saturated carbocycles. The summed E-state index contributed by atoms with van der Waals surface area (Å²) in [4.78, 5) is 12.3. The third kappa shape index (κ3) is 6.23. The fourth-order valence-corrected chi connectivity index (χ4v) is 3.25. The zero-order chi connectivity index (χ0) is 22.2. The molecule has 0 aliphatic carbocycles. The van der Waals surface area contributed by atoms with Crippen LogP contribution in [0.15, 0.2) is 65.8 Å². The van der Waals surface area contributed by atoms with Crippen molar-refractivity contribution in [1.82, 2.24) is 5.43 Å². The highest BCUT2D eigenvalue weighted by Gasteiger charge is 2.13. The number of halogens is 2. The largest absolute Gasteiger partial charge is 0.490 e. The van der Waals surface area contributed by atoms with E-state index in [0.29, 0.717) is 45.9 Å². The third-order valence-corrected chi connectivity index (χ3v) is 4.93. The van der Waals surface area contributed by atoms with Crippen LogP contribution in [-0.4, -0.2) is 18.7 Å². The summed E-state index contributed by atoms with van der Waals surface area (Å²) in [6.07, 6.45) is 1.51. The third-order valence-electron chi connectivity index (χ3n) is 4.40. The van der Waals surface area contributed by atoms with Gasteiger partial charge in [0, 0.05) is 10.6 Å². The van der Waals surface area contributed by atoms with E-state index in [0.717, 1.165) is 11.1 Å². The number of hydrogen-bond acceptors (Lipinski definition) is 4. The maximum absolute atomic E-state index is 12.3. The molecule has 0 heterocycles. The van der Waals surface area contributed by atoms with Crippen LogP contribution in [0, 0.1) is 6.92 Å². The number of aryl methyl sites for hydroxylation is 1. The van der Waals surface area contributed by atoms with Crippen molar-refractivity contribution in [2.75, 3.05) is 6.61 Å². The Morgan fingerprint density at radius 1 is 1.06 bits per heavy atom. The average Bonchev–Trinajstić information content (AvgIpc) is 2.75. The summed E-state index contributed by atoms with van der Waals surface area (Å²) in [6.45, 7) is 4.50. The first kappa shape index (κ1) is 22.7. The fraction of sp³-hybridized carbons (Fsp3) is 0.167. The van der Waals surface area contributed by atoms with Gasteiger partial charge in [-0.1, -0.05) is 53.5 Å². The lowest BCUT2D eigenvalue weighted by atomic mass is 10.1. The first-order chi connectivity index (χ1) is 15.0. The molecule has 1 amide bonds. The van der Waals surface area contributed by atoms with Crippen LogP contribution in [0.2, 0.25) is 10.0 Å². The number of rotatable bonds is 8. The SMILES string of the molecule is CCOc1cc(/C=N\NC(=O)c2ccccc2C)cc(Cl)c1OCc1ccc(Cl)cc1. The monoisotopic (exact) mass is 456 g/mol. The van der Waals surface area contributed by atoms with Gasteiger partial charge in [0.1, 0.15) is 6.61 Å². The minimum Gasteiger partial charge on any atom is -0.490 e. The number of amides is 1. The maximum Gasteiger partial charge on any atom is 0.271 e. The van der Waals surface area contributed by atoms with Gasteiger partial charge in [0.05, 0.1) is 17.8 Å². The van der Waals surface area contributed by atoms with Crippen LogP contribution in [0.4, 0.5) is 0 Å². The van der Waals surface area contributed by atoms with Crippen molar-refractivity contribution >= 4 is 35.3 Å². The summed E-state index contributed by atoms with van der Waals surface area (Å²) >= 11 is 12.4. The number of carbonyl (C=O) groups is 1. The molecule has 160 valence electrons. The molecular formula is C24H22Cl2N2O3. The van der Waals surface area contributed by atoms with Crippen molar-refractivity contribution in [2.24, 2.45) is 5.10 Å². The number of nitrogens with one attached hydrogen (secondary N) is 1. The first-order valence-electron chi connectivity index (χ1n) is 9.70. The number of hydrazone groups is 1. The summed E-state index contributed by atoms with van der Waals surface area (Å²) < 4.78 is 11.6. The van der Waals surface area contributed by atoms with Gasteiger partial charge < -0.3 is 9.47 Å². The van der Waals surface area contributed by atoms with E-state index in [1.165, 1.54) is 6.21 Å². The van der Waals surface area contributed by atoms with E-state index in [9.17, 15) is 4.79 Å². The zero-order valence-corrected chi connectivity index (χ0v) is 18.7. The molecule has 0 radical (unpaired) electrons. The van der Waals surface area contributed by atoms with E-state index in [2.05, 4.69) is 10.5 Å². The van der Waals surface area contributed by atoms with Gasteiger partial charge in [-0.3, -0.25) is 4.79 Å². The lowest BCUT2D eigenvalue weighted by molar-refractivity contribution is 0.0954. The molecule has 0 aliphatic heterocycles. The minimum absolute atomic E-state index is 0.284. The molecule has 3 aromatic rings. The Morgan fingerprint density at radius 2 is 1.81 bits per heavy atom. The van der Waals surface area contributed by atoms with Crippen LogP contribution < -0.4 is 14.9 Å². The van der Waals surface area contributed by atoms with Gasteiger partial charge in [-0.05, 0) is 60.9 Å². The molecule has 0 aromatic heterocycles. The molecule has 0 spiro atoms. The normalized spacial score (nSPS) is 10.8. The van der Waals surface area contributed by atoms with Crippen LogP contribution in [-0.2, 0) is 6.61 Å². The highest BCUT2D eigenvalue weighted by Crippen LogP contribution is 2.37. The lowest BCUT2D eigenvalue weighted by Gasteiger charge is -2.14. The summed E-state index contributed by atoms with van der Waals surface area (Å²) in [5.41, 5.74) is 5.59. The van der Waals surface area contributed by atoms with Crippen LogP contribution in [0.3, 0.4) is 0 Å². The summed E-state index contributed by atoms with van der Waals surface area (Å²) in [6, 6.07) is 18.1. The molecule has 0 fully saturated rings. The topological polar surface area (TPSA) is 59.9 Å². The maximum atomic E-state index is 12.3. The number of carbonyl (C=O) groups excluding carboxylic acids is 1. The standard InChI is InChI=1S/C24H22Cl2N2O3/c1-3-30-22-13-18(14-27-28-24(29)20-7-5-4-6-16(20)2)12-21(26)23(22)31-15-17-8-10-19(25)11-9-17/h4-14H,3,15H2,1-2H3,(H,28,29)/b27-14-. The van der Waals surface area contributed by atoms with Crippen LogP contribution >= 0.6 is 23.2 Å². The minimum atomic E-state index is -0.284. The van der Waals surface area contributed by atoms with E-state index < -0.39 is 0 Å². The van der Waals surface area contributed by atoms with Crippen LogP contribution in [0.1, 0.15) is 34.0 Å². The second-order valence-electron chi connectivity index (χ2n) is 6.69. The van der Waals surface area contributed by atoms with Gasteiger partial charge in [-0.15, -0.1) is 0 Å². The highest BCUT2D eigenvalue weighted by molar-refractivity contribution is 6.32. The molecule has 0 saturated heterocycles. The Bertz CT molecular complexity index is 1080. The fourth-order valence-electron chi connectivity index (χ4n) is 2.85. The molecule has 0 aliphatic rings. The van der Waals surface area contributed by atoms with Gasteiger partial charge in [-0.25, -0.2) is 5.43 Å². The second-order valence-corrected chi connectivity index (χ2v) is 7.54. The van der Waals surface area contributed by atoms with Crippen LogP contribution in [0.5, 0.6) is 11.5 Å². The predicted octanol–water partition coefficient (Wildman–Crippen LogP) is 6.04. The smallest absolute Gasteiger partial charge is 0.271 e. The second kappa shape index (κ2) is 10.8. The molecule has 7 heteroatoms. The molecule has 3 rings (SSSR count). The molecule has 0 bridgehead atoms. The van der Waals surface area contributed by atoms with E-state index in [-0.39, 0.29) is 5.91 Å². The van der Waals surface area contributed by atoms with Crippen molar-refractivity contribution < 1.29 is 14.3 Å².